The van der Waals surface area contributed by atoms with Gasteiger partial charge in [0.05, 0.1) is 6.61 Å². The highest BCUT2D eigenvalue weighted by Gasteiger charge is 2.21. The van der Waals surface area contributed by atoms with Crippen molar-refractivity contribution >= 4 is 0 Å². The number of ether oxygens (including phenoxy) is 1. The van der Waals surface area contributed by atoms with E-state index in [1.807, 2.05) is 0 Å². The van der Waals surface area contributed by atoms with Gasteiger partial charge in [0.25, 0.3) is 0 Å². The summed E-state index contributed by atoms with van der Waals surface area (Å²) in [6.45, 7) is 7.57. The Labute approximate surface area is 159 Å². The van der Waals surface area contributed by atoms with Gasteiger partial charge in [0.2, 0.25) is 0 Å². The molecule has 2 aromatic rings. The molecule has 1 aliphatic carbocycles. The predicted octanol–water partition coefficient (Wildman–Crippen LogP) is 7.13. The lowest BCUT2D eigenvalue weighted by Gasteiger charge is -2.28. The second-order valence-electron chi connectivity index (χ2n) is 7.61. The van der Waals surface area contributed by atoms with Crippen LogP contribution in [-0.4, -0.2) is 6.61 Å². The number of hydrogen-bond donors (Lipinski definition) is 0. The van der Waals surface area contributed by atoms with Crippen molar-refractivity contribution in [3.63, 3.8) is 0 Å². The van der Waals surface area contributed by atoms with Gasteiger partial charge < -0.3 is 4.74 Å². The smallest absolute Gasteiger partial charge is 0.0716 e. The lowest BCUT2D eigenvalue weighted by molar-refractivity contribution is 0.121. The second kappa shape index (κ2) is 9.73. The Bertz CT molecular complexity index is 660. The molecule has 138 valence electrons. The molecule has 0 atom stereocenters. The van der Waals surface area contributed by atoms with Gasteiger partial charge in [-0.3, -0.25) is 0 Å². The van der Waals surface area contributed by atoms with Crippen LogP contribution in [0.25, 0.3) is 11.1 Å². The third-order valence-electron chi connectivity index (χ3n) is 5.63. The van der Waals surface area contributed by atoms with Crippen LogP contribution in [0.4, 0.5) is 0 Å². The minimum atomic E-state index is 0.710. The van der Waals surface area contributed by atoms with Gasteiger partial charge in [0.15, 0.2) is 0 Å². The van der Waals surface area contributed by atoms with Gasteiger partial charge in [-0.1, -0.05) is 61.5 Å². The average molecular weight is 349 g/mol. The Balaban J connectivity index is 1.58. The third-order valence-corrected chi connectivity index (χ3v) is 5.63. The highest BCUT2D eigenvalue weighted by atomic mass is 16.5. The van der Waals surface area contributed by atoms with E-state index in [1.54, 1.807) is 0 Å². The fourth-order valence-electron chi connectivity index (χ4n) is 4.04. The first kappa shape index (κ1) is 18.9. The first-order valence-electron chi connectivity index (χ1n) is 10.2. The fourth-order valence-corrected chi connectivity index (χ4v) is 4.04. The molecule has 0 spiro atoms. The third kappa shape index (κ3) is 5.08. The molecule has 1 saturated carbocycles. The van der Waals surface area contributed by atoms with Crippen LogP contribution >= 0.6 is 0 Å². The summed E-state index contributed by atoms with van der Waals surface area (Å²) in [7, 11) is 0. The molecule has 1 aliphatic rings. The first-order chi connectivity index (χ1) is 12.8. The van der Waals surface area contributed by atoms with E-state index in [0.29, 0.717) is 6.61 Å². The molecule has 1 fully saturated rings. The first-order valence-corrected chi connectivity index (χ1v) is 10.2. The molecule has 0 heterocycles. The predicted molar refractivity (Wildman–Crippen MR) is 111 cm³/mol. The summed E-state index contributed by atoms with van der Waals surface area (Å²) in [5, 5.41) is 0. The Hall–Kier alpha value is -1.86. The standard InChI is InChI=1S/C25H32O/c1-3-5-20-6-10-22(11-7-20)24-14-16-25(17-15-24)23-12-8-21(9-13-23)19-26-18-4-2/h3,8-9,12-17,20,22H,1,4-7,10-11,18-19H2,2H3. The molecule has 1 heteroatoms. The van der Waals surface area contributed by atoms with Crippen molar-refractivity contribution in [1.29, 1.82) is 0 Å². The molecule has 3 rings (SSSR count). The fraction of sp³-hybridized carbons (Fsp3) is 0.440. The summed E-state index contributed by atoms with van der Waals surface area (Å²) in [5.74, 6) is 1.60. The Morgan fingerprint density at radius 3 is 2.12 bits per heavy atom. The van der Waals surface area contributed by atoms with Crippen LogP contribution in [0, 0.1) is 5.92 Å². The zero-order valence-corrected chi connectivity index (χ0v) is 16.1. The van der Waals surface area contributed by atoms with E-state index in [4.69, 9.17) is 4.74 Å². The maximum absolute atomic E-state index is 5.61. The van der Waals surface area contributed by atoms with Crippen LogP contribution in [0.15, 0.2) is 61.2 Å². The maximum Gasteiger partial charge on any atom is 0.0716 e. The lowest BCUT2D eigenvalue weighted by Crippen LogP contribution is -2.12. The van der Waals surface area contributed by atoms with Crippen LogP contribution in [-0.2, 0) is 11.3 Å². The molecule has 26 heavy (non-hydrogen) atoms. The van der Waals surface area contributed by atoms with E-state index in [1.165, 1.54) is 54.4 Å². The largest absolute Gasteiger partial charge is 0.377 e. The van der Waals surface area contributed by atoms with Gasteiger partial charge in [0, 0.05) is 6.61 Å². The van der Waals surface area contributed by atoms with E-state index in [-0.39, 0.29) is 0 Å². The molecule has 0 N–H and O–H groups in total. The summed E-state index contributed by atoms with van der Waals surface area (Å²) in [6, 6.07) is 18.0. The maximum atomic E-state index is 5.61. The number of hydrogen-bond acceptors (Lipinski definition) is 1. The summed E-state index contributed by atoms with van der Waals surface area (Å²) in [5.41, 5.74) is 5.34. The number of allylic oxidation sites excluding steroid dienone is 1. The molecular weight excluding hydrogens is 316 g/mol. The average Bonchev–Trinajstić information content (AvgIpc) is 2.70. The van der Waals surface area contributed by atoms with Gasteiger partial charge in [-0.2, -0.15) is 0 Å². The van der Waals surface area contributed by atoms with Crippen LogP contribution in [0.1, 0.15) is 62.5 Å². The lowest BCUT2D eigenvalue weighted by atomic mass is 9.77. The van der Waals surface area contributed by atoms with Crippen molar-refractivity contribution in [3.05, 3.63) is 72.3 Å². The Morgan fingerprint density at radius 2 is 1.54 bits per heavy atom. The highest BCUT2D eigenvalue weighted by molar-refractivity contribution is 5.64. The molecule has 0 aliphatic heterocycles. The van der Waals surface area contributed by atoms with Crippen molar-refractivity contribution in [1.82, 2.24) is 0 Å². The number of rotatable bonds is 8. The van der Waals surface area contributed by atoms with E-state index < -0.39 is 0 Å². The summed E-state index contributed by atoms with van der Waals surface area (Å²) in [4.78, 5) is 0. The quantitative estimate of drug-likeness (QED) is 0.364. The SMILES string of the molecule is C=CCC1CCC(c2ccc(-c3ccc(COCCC)cc3)cc2)CC1. The van der Waals surface area contributed by atoms with Crippen LogP contribution in [0.3, 0.4) is 0 Å². The number of benzene rings is 2. The minimum Gasteiger partial charge on any atom is -0.377 e. The molecule has 0 saturated heterocycles. The van der Waals surface area contributed by atoms with Crippen molar-refractivity contribution in [2.75, 3.05) is 6.61 Å². The summed E-state index contributed by atoms with van der Waals surface area (Å²) >= 11 is 0. The topological polar surface area (TPSA) is 9.23 Å². The Kier molecular flexibility index (Phi) is 7.08. The van der Waals surface area contributed by atoms with E-state index >= 15 is 0 Å². The van der Waals surface area contributed by atoms with Gasteiger partial charge in [-0.05, 0) is 72.6 Å². The van der Waals surface area contributed by atoms with Crippen molar-refractivity contribution in [2.45, 2.75) is 58.0 Å². The second-order valence-corrected chi connectivity index (χ2v) is 7.61. The molecule has 2 aromatic carbocycles. The normalized spacial score (nSPS) is 20.0. The van der Waals surface area contributed by atoms with E-state index in [9.17, 15) is 0 Å². The van der Waals surface area contributed by atoms with E-state index in [0.717, 1.165) is 24.9 Å². The van der Waals surface area contributed by atoms with Crippen LogP contribution in [0.5, 0.6) is 0 Å². The molecule has 0 bridgehead atoms. The summed E-state index contributed by atoms with van der Waals surface area (Å²) < 4.78 is 5.61. The molecule has 0 radical (unpaired) electrons. The van der Waals surface area contributed by atoms with Gasteiger partial charge in [-0.25, -0.2) is 0 Å². The zero-order chi connectivity index (χ0) is 18.2. The molecule has 0 aromatic heterocycles. The van der Waals surface area contributed by atoms with E-state index in [2.05, 4.69) is 68.1 Å². The highest BCUT2D eigenvalue weighted by Crippen LogP contribution is 2.37. The van der Waals surface area contributed by atoms with Gasteiger partial charge in [-0.15, -0.1) is 6.58 Å². The van der Waals surface area contributed by atoms with Gasteiger partial charge in [0.1, 0.15) is 0 Å². The summed E-state index contributed by atoms with van der Waals surface area (Å²) in [6.07, 6.45) is 9.68. The molecule has 0 unspecified atom stereocenters. The van der Waals surface area contributed by atoms with Crippen molar-refractivity contribution in [3.8, 4) is 11.1 Å². The molecular formula is C25H32O. The van der Waals surface area contributed by atoms with Gasteiger partial charge >= 0.3 is 0 Å². The molecule has 0 amide bonds. The van der Waals surface area contributed by atoms with Crippen LogP contribution in [0.2, 0.25) is 0 Å². The Morgan fingerprint density at radius 1 is 0.923 bits per heavy atom. The zero-order valence-electron chi connectivity index (χ0n) is 16.1. The van der Waals surface area contributed by atoms with Crippen molar-refractivity contribution in [2.24, 2.45) is 5.92 Å². The van der Waals surface area contributed by atoms with Crippen LogP contribution < -0.4 is 0 Å². The minimum absolute atomic E-state index is 0.710. The van der Waals surface area contributed by atoms with Crippen molar-refractivity contribution < 1.29 is 4.74 Å². The molecule has 1 nitrogen and oxygen atoms in total. The monoisotopic (exact) mass is 348 g/mol.